The second kappa shape index (κ2) is 23.9. The second-order valence-electron chi connectivity index (χ2n) is 9.98. The first-order valence-corrected chi connectivity index (χ1v) is 14.5. The molecule has 0 amide bonds. The highest BCUT2D eigenvalue weighted by atomic mass is 32.3. The van der Waals surface area contributed by atoms with E-state index in [0.717, 1.165) is 23.9 Å². The normalized spacial score (nSPS) is 11.9. The molecular formula is C25H55NO5S. The van der Waals surface area contributed by atoms with E-state index in [1.54, 1.807) is 0 Å². The first-order valence-electron chi connectivity index (χ1n) is 13.1. The van der Waals surface area contributed by atoms with Crippen LogP contribution in [0.1, 0.15) is 122 Å². The molecule has 0 aliphatic carbocycles. The van der Waals surface area contributed by atoms with Crippen LogP contribution in [-0.2, 0) is 14.6 Å². The third-order valence-corrected chi connectivity index (χ3v) is 5.95. The van der Waals surface area contributed by atoms with Gasteiger partial charge in [-0.2, -0.15) is 0 Å². The van der Waals surface area contributed by atoms with Gasteiger partial charge in [-0.1, -0.05) is 116 Å². The van der Waals surface area contributed by atoms with Gasteiger partial charge in [0.15, 0.2) is 0 Å². The Hall–Kier alpha value is -0.210. The fourth-order valence-electron chi connectivity index (χ4n) is 3.46. The fraction of sp³-hybridized carbons (Fsp3) is 1.00. The van der Waals surface area contributed by atoms with Crippen molar-refractivity contribution in [2.24, 2.45) is 0 Å². The van der Waals surface area contributed by atoms with Gasteiger partial charge in [0.05, 0.1) is 34.4 Å². The van der Waals surface area contributed by atoms with Gasteiger partial charge >= 0.3 is 0 Å². The first kappa shape index (κ1) is 34.0. The van der Waals surface area contributed by atoms with Crippen LogP contribution in [0.3, 0.4) is 0 Å². The van der Waals surface area contributed by atoms with Crippen molar-refractivity contribution in [3.05, 3.63) is 0 Å². The van der Waals surface area contributed by atoms with E-state index in [4.69, 9.17) is 5.11 Å². The molecule has 0 saturated heterocycles. The Bertz CT molecular complexity index is 463. The predicted octanol–water partition coefficient (Wildman–Crippen LogP) is 6.19. The van der Waals surface area contributed by atoms with Crippen molar-refractivity contribution < 1.29 is 26.7 Å². The molecule has 0 unspecified atom stereocenters. The highest BCUT2D eigenvalue weighted by Crippen LogP contribution is 2.14. The lowest BCUT2D eigenvalue weighted by molar-refractivity contribution is -0.870. The van der Waals surface area contributed by atoms with Crippen LogP contribution in [-0.4, -0.2) is 63.5 Å². The van der Waals surface area contributed by atoms with Crippen molar-refractivity contribution in [3.8, 4) is 0 Å². The van der Waals surface area contributed by atoms with E-state index in [1.165, 1.54) is 96.3 Å². The maximum absolute atomic E-state index is 10.2. The van der Waals surface area contributed by atoms with Gasteiger partial charge in [-0.3, -0.25) is 4.18 Å². The smallest absolute Gasteiger partial charge is 0.217 e. The van der Waals surface area contributed by atoms with Crippen molar-refractivity contribution in [3.63, 3.8) is 0 Å². The molecule has 0 fully saturated rings. The molecular weight excluding hydrogens is 426 g/mol. The van der Waals surface area contributed by atoms with Crippen molar-refractivity contribution in [2.45, 2.75) is 122 Å². The molecule has 0 heterocycles. The SMILES string of the molecule is CCCCCCCCCCCCCCCCCCCCOS(=O)(=O)[O-].C[N+](C)(C)CCO. The summed E-state index contributed by atoms with van der Waals surface area (Å²) in [5.41, 5.74) is 0. The van der Waals surface area contributed by atoms with E-state index in [-0.39, 0.29) is 13.2 Å². The van der Waals surface area contributed by atoms with Crippen LogP contribution < -0.4 is 0 Å². The fourth-order valence-corrected chi connectivity index (χ4v) is 3.79. The van der Waals surface area contributed by atoms with Gasteiger partial charge in [0.25, 0.3) is 0 Å². The van der Waals surface area contributed by atoms with Gasteiger partial charge < -0.3 is 14.1 Å². The summed E-state index contributed by atoms with van der Waals surface area (Å²) in [5.74, 6) is 0. The minimum absolute atomic E-state index is 0.0323. The number of nitrogens with zero attached hydrogens (tertiary/aromatic N) is 1. The molecule has 0 rings (SSSR count). The van der Waals surface area contributed by atoms with Crippen molar-refractivity contribution >= 4 is 10.4 Å². The van der Waals surface area contributed by atoms with E-state index < -0.39 is 10.4 Å². The zero-order valence-corrected chi connectivity index (χ0v) is 22.6. The lowest BCUT2D eigenvalue weighted by Gasteiger charge is -2.21. The van der Waals surface area contributed by atoms with Crippen molar-refractivity contribution in [1.82, 2.24) is 0 Å². The molecule has 0 aromatic rings. The summed E-state index contributed by atoms with van der Waals surface area (Å²) in [5, 5.41) is 8.39. The van der Waals surface area contributed by atoms with E-state index in [2.05, 4.69) is 32.2 Å². The number of quaternary nitrogens is 1. The number of rotatable bonds is 22. The summed E-state index contributed by atoms with van der Waals surface area (Å²) in [7, 11) is 1.66. The third-order valence-electron chi connectivity index (χ3n) is 5.50. The first-order chi connectivity index (χ1) is 15.1. The van der Waals surface area contributed by atoms with Gasteiger partial charge in [-0.15, -0.1) is 0 Å². The average Bonchev–Trinajstić information content (AvgIpc) is 2.68. The average molecular weight is 482 g/mol. The molecule has 196 valence electrons. The second-order valence-corrected chi connectivity index (χ2v) is 11.0. The lowest BCUT2D eigenvalue weighted by atomic mass is 10.0. The van der Waals surface area contributed by atoms with Gasteiger partial charge in [-0.25, -0.2) is 8.42 Å². The Kier molecular flexibility index (Phi) is 25.4. The number of unbranched alkanes of at least 4 members (excludes halogenated alkanes) is 17. The molecule has 0 spiro atoms. The quantitative estimate of drug-likeness (QED) is 0.0862. The van der Waals surface area contributed by atoms with Gasteiger partial charge in [0.1, 0.15) is 6.54 Å². The Morgan fingerprint density at radius 3 is 1.19 bits per heavy atom. The zero-order chi connectivity index (χ0) is 24.6. The van der Waals surface area contributed by atoms with E-state index in [0.29, 0.717) is 6.42 Å². The lowest BCUT2D eigenvalue weighted by Crippen LogP contribution is -2.36. The largest absolute Gasteiger partial charge is 0.726 e. The summed E-state index contributed by atoms with van der Waals surface area (Å²) in [6.07, 6.45) is 23.2. The molecule has 0 radical (unpaired) electrons. The minimum Gasteiger partial charge on any atom is -0.726 e. The maximum atomic E-state index is 10.2. The molecule has 6 nitrogen and oxygen atoms in total. The molecule has 32 heavy (non-hydrogen) atoms. The molecule has 0 saturated carbocycles. The minimum atomic E-state index is -4.50. The van der Waals surface area contributed by atoms with Crippen LogP contribution in [0.4, 0.5) is 0 Å². The summed E-state index contributed by atoms with van der Waals surface area (Å²) in [6.45, 7) is 3.42. The molecule has 0 atom stereocenters. The number of aliphatic hydroxyl groups is 1. The highest BCUT2D eigenvalue weighted by molar-refractivity contribution is 7.80. The summed E-state index contributed by atoms with van der Waals surface area (Å²) < 4.78 is 35.7. The number of hydrogen-bond acceptors (Lipinski definition) is 5. The van der Waals surface area contributed by atoms with E-state index in [9.17, 15) is 13.0 Å². The Morgan fingerprint density at radius 1 is 0.656 bits per heavy atom. The van der Waals surface area contributed by atoms with Gasteiger partial charge in [0.2, 0.25) is 10.4 Å². The third kappa shape index (κ3) is 37.1. The number of likely N-dealkylation sites (N-methyl/N-ethyl adjacent to an activating group) is 1. The van der Waals surface area contributed by atoms with Crippen LogP contribution in [0, 0.1) is 0 Å². The maximum Gasteiger partial charge on any atom is 0.217 e. The molecule has 1 N–H and O–H groups in total. The Balaban J connectivity index is 0. The molecule has 0 bridgehead atoms. The zero-order valence-electron chi connectivity index (χ0n) is 21.8. The van der Waals surface area contributed by atoms with Crippen LogP contribution >= 0.6 is 0 Å². The monoisotopic (exact) mass is 481 g/mol. The molecule has 0 aromatic carbocycles. The van der Waals surface area contributed by atoms with E-state index in [1.807, 2.05) is 0 Å². The standard InChI is InChI=1S/C20H42O4S.C5H14NO/c1-2-3-4-5-6-7-8-9-10-11-12-13-14-15-16-17-18-19-20-24-25(21,22)23;1-6(2,3)4-5-7/h2-20H2,1H3,(H,21,22,23);7H,4-5H2,1-3H3/q;+1/p-1. The molecule has 0 aliphatic rings. The van der Waals surface area contributed by atoms with Crippen LogP contribution in [0.15, 0.2) is 0 Å². The Labute approximate surface area is 200 Å². The number of aliphatic hydroxyl groups excluding tert-OH is 1. The van der Waals surface area contributed by atoms with Crippen molar-refractivity contribution in [2.75, 3.05) is 40.9 Å². The summed E-state index contributed by atoms with van der Waals surface area (Å²) in [4.78, 5) is 0. The van der Waals surface area contributed by atoms with Crippen LogP contribution in [0.25, 0.3) is 0 Å². The Morgan fingerprint density at radius 2 is 0.969 bits per heavy atom. The summed E-state index contributed by atoms with van der Waals surface area (Å²) in [6, 6.07) is 0. The summed E-state index contributed by atoms with van der Waals surface area (Å²) >= 11 is 0. The van der Waals surface area contributed by atoms with Crippen molar-refractivity contribution in [1.29, 1.82) is 0 Å². The molecule has 7 heteroatoms. The van der Waals surface area contributed by atoms with Crippen LogP contribution in [0.2, 0.25) is 0 Å². The molecule has 0 aromatic heterocycles. The molecule has 0 aliphatic heterocycles. The highest BCUT2D eigenvalue weighted by Gasteiger charge is 2.02. The van der Waals surface area contributed by atoms with E-state index >= 15 is 0 Å². The number of hydrogen-bond donors (Lipinski definition) is 1. The van der Waals surface area contributed by atoms with Crippen LogP contribution in [0.5, 0.6) is 0 Å². The van der Waals surface area contributed by atoms with Gasteiger partial charge in [0, 0.05) is 0 Å². The van der Waals surface area contributed by atoms with Gasteiger partial charge in [-0.05, 0) is 6.42 Å². The topological polar surface area (TPSA) is 86.7 Å². The predicted molar refractivity (Wildman–Crippen MR) is 134 cm³/mol.